The zero-order chi connectivity index (χ0) is 26.3. The third kappa shape index (κ3) is 4.98. The zero-order valence-corrected chi connectivity index (χ0v) is 19.9. The number of halogens is 5. The van der Waals surface area contributed by atoms with Crippen molar-refractivity contribution in [1.29, 1.82) is 0 Å². The molecule has 0 aliphatic carbocycles. The van der Waals surface area contributed by atoms with Crippen LogP contribution in [-0.2, 0) is 6.54 Å². The van der Waals surface area contributed by atoms with Gasteiger partial charge in [-0.15, -0.1) is 18.3 Å². The topological polar surface area (TPSA) is 82.7 Å². The molecule has 0 radical (unpaired) electrons. The number of hydrogen-bond donors (Lipinski definition) is 1. The normalized spacial score (nSPS) is 15.8. The Hall–Kier alpha value is -4.03. The molecule has 37 heavy (non-hydrogen) atoms. The first kappa shape index (κ1) is 24.7. The van der Waals surface area contributed by atoms with Crippen molar-refractivity contribution in [3.8, 4) is 11.4 Å². The van der Waals surface area contributed by atoms with Gasteiger partial charge in [-0.3, -0.25) is 0 Å². The maximum absolute atomic E-state index is 14.8. The largest absolute Gasteiger partial charge is 0.573 e. The fraction of sp³-hybridized carbons (Fsp3) is 0.333. The summed E-state index contributed by atoms with van der Waals surface area (Å²) in [7, 11) is 0. The van der Waals surface area contributed by atoms with Crippen molar-refractivity contribution in [1.82, 2.24) is 29.5 Å². The van der Waals surface area contributed by atoms with Crippen LogP contribution in [0.4, 0.5) is 33.6 Å². The SMILES string of the molecule is Cc1c(C2CCCCn3nc(Nc4ccc(-n5ncnc5C)c(F)c4)nc32)ccc(OC(F)(F)F)c1F. The fourth-order valence-electron chi connectivity index (χ4n) is 4.54. The predicted octanol–water partition coefficient (Wildman–Crippen LogP) is 5.71. The molecule has 0 saturated carbocycles. The Kier molecular flexibility index (Phi) is 6.30. The molecule has 5 rings (SSSR count). The second-order valence-corrected chi connectivity index (χ2v) is 8.72. The Balaban J connectivity index is 1.43. The standard InChI is InChI=1S/C24H22F5N7O/c1-13-16(7-9-20(21(13)26)37-24(27,28)29)17-5-3-4-10-35-22(17)33-23(34-35)32-15-6-8-19(18(25)11-15)36-14(2)30-12-31-36/h6-9,11-12,17H,3-5,10H2,1-2H3,(H,32,34). The van der Waals surface area contributed by atoms with E-state index >= 15 is 0 Å². The van der Waals surface area contributed by atoms with Crippen LogP contribution in [0, 0.1) is 25.5 Å². The van der Waals surface area contributed by atoms with E-state index in [1.165, 1.54) is 30.1 Å². The number of hydrogen-bond acceptors (Lipinski definition) is 6. The number of aromatic nitrogens is 6. The summed E-state index contributed by atoms with van der Waals surface area (Å²) in [4.78, 5) is 8.59. The van der Waals surface area contributed by atoms with E-state index in [9.17, 15) is 22.0 Å². The molecule has 2 aromatic carbocycles. The fourth-order valence-corrected chi connectivity index (χ4v) is 4.54. The first-order valence-corrected chi connectivity index (χ1v) is 11.5. The van der Waals surface area contributed by atoms with Gasteiger partial charge in [0.15, 0.2) is 17.4 Å². The van der Waals surface area contributed by atoms with E-state index in [0.29, 0.717) is 35.9 Å². The summed E-state index contributed by atoms with van der Waals surface area (Å²) in [6, 6.07) is 6.92. The van der Waals surface area contributed by atoms with Crippen LogP contribution in [0.1, 0.15) is 48.0 Å². The summed E-state index contributed by atoms with van der Waals surface area (Å²) < 4.78 is 74.4. The maximum atomic E-state index is 14.8. The van der Waals surface area contributed by atoms with Crippen molar-refractivity contribution in [3.63, 3.8) is 0 Å². The summed E-state index contributed by atoms with van der Waals surface area (Å²) in [5, 5.41) is 11.5. The molecule has 194 valence electrons. The van der Waals surface area contributed by atoms with E-state index < -0.39 is 29.7 Å². The molecule has 0 fully saturated rings. The van der Waals surface area contributed by atoms with Crippen molar-refractivity contribution < 1.29 is 26.7 Å². The number of alkyl halides is 3. The van der Waals surface area contributed by atoms with E-state index in [-0.39, 0.29) is 17.2 Å². The van der Waals surface area contributed by atoms with Crippen molar-refractivity contribution >= 4 is 11.6 Å². The molecule has 1 aliphatic rings. The summed E-state index contributed by atoms with van der Waals surface area (Å²) in [5.41, 5.74) is 1.21. The maximum Gasteiger partial charge on any atom is 0.573 e. The predicted molar refractivity (Wildman–Crippen MR) is 123 cm³/mol. The highest BCUT2D eigenvalue weighted by Crippen LogP contribution is 2.38. The lowest BCUT2D eigenvalue weighted by molar-refractivity contribution is -0.275. The van der Waals surface area contributed by atoms with E-state index in [4.69, 9.17) is 0 Å². The summed E-state index contributed by atoms with van der Waals surface area (Å²) in [6.45, 7) is 3.69. The minimum atomic E-state index is -5.00. The van der Waals surface area contributed by atoms with Gasteiger partial charge in [-0.2, -0.15) is 10.1 Å². The first-order valence-electron chi connectivity index (χ1n) is 11.5. The van der Waals surface area contributed by atoms with Crippen molar-refractivity contribution in [2.45, 2.75) is 51.9 Å². The zero-order valence-electron chi connectivity index (χ0n) is 19.9. The number of nitrogens with zero attached hydrogens (tertiary/aromatic N) is 6. The van der Waals surface area contributed by atoms with E-state index in [2.05, 4.69) is 30.2 Å². The number of benzene rings is 2. The smallest absolute Gasteiger partial charge is 0.403 e. The molecule has 0 saturated heterocycles. The molecule has 4 aromatic rings. The van der Waals surface area contributed by atoms with Crippen LogP contribution in [0.2, 0.25) is 0 Å². The van der Waals surface area contributed by atoms with Crippen molar-refractivity contribution in [2.75, 3.05) is 5.32 Å². The molecule has 1 aliphatic heterocycles. The summed E-state index contributed by atoms with van der Waals surface area (Å²) >= 11 is 0. The highest BCUT2D eigenvalue weighted by atomic mass is 19.4. The third-order valence-electron chi connectivity index (χ3n) is 6.27. The van der Waals surface area contributed by atoms with E-state index in [1.807, 2.05) is 0 Å². The molecule has 0 spiro atoms. The van der Waals surface area contributed by atoms with Crippen molar-refractivity contribution in [3.05, 3.63) is 71.1 Å². The van der Waals surface area contributed by atoms with Gasteiger partial charge in [0.05, 0.1) is 0 Å². The summed E-state index contributed by atoms with van der Waals surface area (Å²) in [5.74, 6) is -1.56. The van der Waals surface area contributed by atoms with Crippen LogP contribution in [0.15, 0.2) is 36.7 Å². The van der Waals surface area contributed by atoms with Gasteiger partial charge in [0.1, 0.15) is 23.7 Å². The number of anilines is 2. The van der Waals surface area contributed by atoms with Gasteiger partial charge in [-0.05, 0) is 62.1 Å². The Labute approximate surface area is 208 Å². The molecular weight excluding hydrogens is 497 g/mol. The molecule has 8 nitrogen and oxygen atoms in total. The minimum Gasteiger partial charge on any atom is -0.403 e. The second kappa shape index (κ2) is 9.45. The lowest BCUT2D eigenvalue weighted by Gasteiger charge is -2.19. The molecule has 1 atom stereocenters. The monoisotopic (exact) mass is 519 g/mol. The highest BCUT2D eigenvalue weighted by molar-refractivity contribution is 5.56. The molecular formula is C24H22F5N7O. The Morgan fingerprint density at radius 3 is 2.59 bits per heavy atom. The highest BCUT2D eigenvalue weighted by Gasteiger charge is 2.34. The Morgan fingerprint density at radius 1 is 1.08 bits per heavy atom. The number of ether oxygens (including phenoxy) is 1. The Bertz CT molecular complexity index is 1450. The van der Waals surface area contributed by atoms with Gasteiger partial charge >= 0.3 is 6.36 Å². The lowest BCUT2D eigenvalue weighted by Crippen LogP contribution is -2.19. The lowest BCUT2D eigenvalue weighted by atomic mass is 9.90. The van der Waals surface area contributed by atoms with Crippen LogP contribution in [0.5, 0.6) is 5.75 Å². The molecule has 13 heteroatoms. The van der Waals surface area contributed by atoms with E-state index in [0.717, 1.165) is 18.9 Å². The molecule has 0 amide bonds. The number of rotatable bonds is 5. The molecule has 1 N–H and O–H groups in total. The molecule has 0 bridgehead atoms. The van der Waals surface area contributed by atoms with Crippen LogP contribution >= 0.6 is 0 Å². The van der Waals surface area contributed by atoms with E-state index in [1.54, 1.807) is 23.7 Å². The van der Waals surface area contributed by atoms with Gasteiger partial charge in [0.25, 0.3) is 0 Å². The number of nitrogens with one attached hydrogen (secondary N) is 1. The first-order chi connectivity index (χ1) is 17.6. The average molecular weight is 519 g/mol. The van der Waals surface area contributed by atoms with Gasteiger partial charge < -0.3 is 10.1 Å². The average Bonchev–Trinajstić information content (AvgIpc) is 3.38. The van der Waals surface area contributed by atoms with Gasteiger partial charge in [-0.25, -0.2) is 23.1 Å². The molecule has 2 aromatic heterocycles. The quantitative estimate of drug-likeness (QED) is 0.340. The third-order valence-corrected chi connectivity index (χ3v) is 6.27. The van der Waals surface area contributed by atoms with Gasteiger partial charge in [0.2, 0.25) is 5.95 Å². The second-order valence-electron chi connectivity index (χ2n) is 8.72. The van der Waals surface area contributed by atoms with Crippen LogP contribution in [0.25, 0.3) is 5.69 Å². The number of fused-ring (bicyclic) bond motifs is 1. The van der Waals surface area contributed by atoms with Crippen LogP contribution in [0.3, 0.4) is 0 Å². The van der Waals surface area contributed by atoms with Crippen LogP contribution in [-0.4, -0.2) is 35.9 Å². The molecule has 1 unspecified atom stereocenters. The summed E-state index contributed by atoms with van der Waals surface area (Å²) in [6.07, 6.45) is -1.45. The van der Waals surface area contributed by atoms with Gasteiger partial charge in [-0.1, -0.05) is 12.5 Å². The minimum absolute atomic E-state index is 0.0544. The van der Waals surface area contributed by atoms with Crippen LogP contribution < -0.4 is 10.1 Å². The van der Waals surface area contributed by atoms with Crippen molar-refractivity contribution in [2.24, 2.45) is 0 Å². The van der Waals surface area contributed by atoms with Gasteiger partial charge in [0, 0.05) is 18.2 Å². The molecule has 3 heterocycles. The number of aryl methyl sites for hydroxylation is 2. The Morgan fingerprint density at radius 2 is 1.89 bits per heavy atom.